The monoisotopic (exact) mass is 238 g/mol. The molecule has 1 aliphatic rings. The van der Waals surface area contributed by atoms with Gasteiger partial charge < -0.3 is 11.1 Å². The fourth-order valence-corrected chi connectivity index (χ4v) is 2.11. The zero-order valence-corrected chi connectivity index (χ0v) is 9.97. The van der Waals surface area contributed by atoms with Crippen molar-refractivity contribution >= 4 is 23.2 Å². The number of anilines is 1. The van der Waals surface area contributed by atoms with Crippen molar-refractivity contribution in [3.8, 4) is 0 Å². The minimum atomic E-state index is -0.139. The van der Waals surface area contributed by atoms with Crippen LogP contribution in [0.2, 0.25) is 5.02 Å². The van der Waals surface area contributed by atoms with E-state index in [9.17, 15) is 4.79 Å². The molecule has 0 unspecified atom stereocenters. The van der Waals surface area contributed by atoms with Crippen molar-refractivity contribution in [1.82, 2.24) is 5.32 Å². The molecule has 0 aromatic heterocycles. The predicted octanol–water partition coefficient (Wildman–Crippen LogP) is 2.59. The maximum absolute atomic E-state index is 12.0. The summed E-state index contributed by atoms with van der Waals surface area (Å²) >= 11 is 5.99. The number of carbonyl (C=O) groups excluding carboxylic acids is 1. The van der Waals surface area contributed by atoms with E-state index in [0.29, 0.717) is 16.3 Å². The molecule has 86 valence electrons. The van der Waals surface area contributed by atoms with E-state index in [4.69, 9.17) is 17.3 Å². The van der Waals surface area contributed by atoms with Crippen LogP contribution >= 0.6 is 11.6 Å². The van der Waals surface area contributed by atoms with Crippen molar-refractivity contribution in [2.45, 2.75) is 31.7 Å². The van der Waals surface area contributed by atoms with E-state index < -0.39 is 0 Å². The van der Waals surface area contributed by atoms with E-state index >= 15 is 0 Å². The lowest BCUT2D eigenvalue weighted by molar-refractivity contribution is 0.0850. The van der Waals surface area contributed by atoms with E-state index in [0.717, 1.165) is 12.8 Å². The maximum Gasteiger partial charge on any atom is 0.253 e. The largest absolute Gasteiger partial charge is 0.398 e. The molecule has 0 radical (unpaired) electrons. The highest BCUT2D eigenvalue weighted by Gasteiger charge is 2.33. The Morgan fingerprint density at radius 1 is 1.50 bits per heavy atom. The molecule has 16 heavy (non-hydrogen) atoms. The summed E-state index contributed by atoms with van der Waals surface area (Å²) in [5, 5.41) is 3.33. The summed E-state index contributed by atoms with van der Waals surface area (Å²) in [6.45, 7) is 2.05. The van der Waals surface area contributed by atoms with E-state index in [1.165, 1.54) is 6.42 Å². The van der Waals surface area contributed by atoms with Crippen molar-refractivity contribution < 1.29 is 4.79 Å². The normalized spacial score (nSPS) is 17.6. The summed E-state index contributed by atoms with van der Waals surface area (Å²) in [7, 11) is 0. The van der Waals surface area contributed by atoms with Crippen LogP contribution in [-0.4, -0.2) is 11.4 Å². The third-order valence-corrected chi connectivity index (χ3v) is 3.57. The van der Waals surface area contributed by atoms with Gasteiger partial charge >= 0.3 is 0 Å². The van der Waals surface area contributed by atoms with Crippen molar-refractivity contribution in [3.63, 3.8) is 0 Å². The molecule has 0 heterocycles. The summed E-state index contributed by atoms with van der Waals surface area (Å²) in [6.07, 6.45) is 3.22. The van der Waals surface area contributed by atoms with Crippen LogP contribution in [0.4, 0.5) is 5.69 Å². The predicted molar refractivity (Wildman–Crippen MR) is 65.6 cm³/mol. The summed E-state index contributed by atoms with van der Waals surface area (Å²) in [6, 6.07) is 5.11. The topological polar surface area (TPSA) is 55.1 Å². The zero-order valence-electron chi connectivity index (χ0n) is 9.22. The number of carbonyl (C=O) groups is 1. The fourth-order valence-electron chi connectivity index (χ4n) is 1.90. The van der Waals surface area contributed by atoms with Crippen LogP contribution in [0.1, 0.15) is 36.5 Å². The van der Waals surface area contributed by atoms with Crippen molar-refractivity contribution in [3.05, 3.63) is 28.8 Å². The van der Waals surface area contributed by atoms with Crippen LogP contribution in [0.25, 0.3) is 0 Å². The Balaban J connectivity index is 2.17. The van der Waals surface area contributed by atoms with Crippen molar-refractivity contribution in [1.29, 1.82) is 0 Å². The van der Waals surface area contributed by atoms with Gasteiger partial charge in [-0.05, 0) is 38.3 Å². The number of benzene rings is 1. The third-order valence-electron chi connectivity index (χ3n) is 3.15. The summed E-state index contributed by atoms with van der Waals surface area (Å²) in [5.74, 6) is -0.139. The number of halogens is 1. The number of nitrogens with two attached hydrogens (primary N) is 1. The Labute approximate surface area is 100.0 Å². The van der Waals surface area contributed by atoms with Gasteiger partial charge in [-0.15, -0.1) is 0 Å². The fraction of sp³-hybridized carbons (Fsp3) is 0.417. The molecule has 3 N–H and O–H groups in total. The quantitative estimate of drug-likeness (QED) is 0.779. The Morgan fingerprint density at radius 2 is 2.19 bits per heavy atom. The van der Waals surface area contributed by atoms with Gasteiger partial charge in [0.05, 0.1) is 16.3 Å². The number of nitrogens with one attached hydrogen (secondary N) is 1. The minimum Gasteiger partial charge on any atom is -0.398 e. The first-order valence-electron chi connectivity index (χ1n) is 5.38. The molecule has 1 aromatic rings. The number of hydrogen-bond donors (Lipinski definition) is 2. The van der Waals surface area contributed by atoms with Gasteiger partial charge in [0.15, 0.2) is 0 Å². The van der Waals surface area contributed by atoms with Crippen molar-refractivity contribution in [2.75, 3.05) is 5.73 Å². The van der Waals surface area contributed by atoms with Crippen LogP contribution in [0, 0.1) is 0 Å². The lowest BCUT2D eigenvalue weighted by atomic mass is 9.78. The lowest BCUT2D eigenvalue weighted by Crippen LogP contribution is -2.51. The van der Waals surface area contributed by atoms with Gasteiger partial charge in [0.1, 0.15) is 0 Å². The Kier molecular flexibility index (Phi) is 2.80. The third kappa shape index (κ3) is 2.00. The summed E-state index contributed by atoms with van der Waals surface area (Å²) < 4.78 is 0. The number of nitrogen functional groups attached to an aromatic ring is 1. The highest BCUT2D eigenvalue weighted by atomic mass is 35.5. The van der Waals surface area contributed by atoms with Gasteiger partial charge in [-0.1, -0.05) is 17.7 Å². The second kappa shape index (κ2) is 3.98. The first kappa shape index (κ1) is 11.3. The lowest BCUT2D eigenvalue weighted by Gasteiger charge is -2.39. The second-order valence-electron chi connectivity index (χ2n) is 4.58. The minimum absolute atomic E-state index is 0.0645. The van der Waals surface area contributed by atoms with E-state index in [2.05, 4.69) is 12.2 Å². The molecule has 1 aliphatic carbocycles. The van der Waals surface area contributed by atoms with Crippen LogP contribution in [-0.2, 0) is 0 Å². The molecule has 0 bridgehead atoms. The molecule has 0 saturated heterocycles. The molecule has 2 rings (SSSR count). The molecule has 1 aromatic carbocycles. The number of rotatable bonds is 2. The maximum atomic E-state index is 12.0. The average Bonchev–Trinajstić information content (AvgIpc) is 2.19. The Hall–Kier alpha value is -1.22. The molecule has 0 aliphatic heterocycles. The molecule has 1 saturated carbocycles. The Bertz CT molecular complexity index is 427. The van der Waals surface area contributed by atoms with Gasteiger partial charge in [-0.2, -0.15) is 0 Å². The highest BCUT2D eigenvalue weighted by molar-refractivity contribution is 6.36. The Morgan fingerprint density at radius 3 is 2.75 bits per heavy atom. The van der Waals surface area contributed by atoms with Gasteiger partial charge in [0.25, 0.3) is 5.91 Å². The molecule has 3 nitrogen and oxygen atoms in total. The molecule has 0 atom stereocenters. The van der Waals surface area contributed by atoms with Gasteiger partial charge in [-0.3, -0.25) is 4.79 Å². The molecular formula is C12H15ClN2O. The molecular weight excluding hydrogens is 224 g/mol. The zero-order chi connectivity index (χ0) is 11.8. The highest BCUT2D eigenvalue weighted by Crippen LogP contribution is 2.32. The number of amides is 1. The molecule has 4 heteroatoms. The van der Waals surface area contributed by atoms with Crippen LogP contribution < -0.4 is 11.1 Å². The average molecular weight is 239 g/mol. The first-order chi connectivity index (χ1) is 7.52. The van der Waals surface area contributed by atoms with E-state index in [1.54, 1.807) is 18.2 Å². The second-order valence-corrected chi connectivity index (χ2v) is 4.96. The van der Waals surface area contributed by atoms with Gasteiger partial charge in [0, 0.05) is 5.54 Å². The van der Waals surface area contributed by atoms with Gasteiger partial charge in [0.2, 0.25) is 0 Å². The molecule has 1 amide bonds. The SMILES string of the molecule is CC1(NC(=O)c2cccc(N)c2Cl)CCC1. The van der Waals surface area contributed by atoms with Gasteiger partial charge in [-0.25, -0.2) is 0 Å². The van der Waals surface area contributed by atoms with Crippen LogP contribution in [0.15, 0.2) is 18.2 Å². The van der Waals surface area contributed by atoms with Crippen molar-refractivity contribution in [2.24, 2.45) is 0 Å². The molecule has 1 fully saturated rings. The van der Waals surface area contributed by atoms with E-state index in [-0.39, 0.29) is 11.4 Å². The molecule has 0 spiro atoms. The van der Waals surface area contributed by atoms with E-state index in [1.807, 2.05) is 0 Å². The van der Waals surface area contributed by atoms with Crippen LogP contribution in [0.3, 0.4) is 0 Å². The first-order valence-corrected chi connectivity index (χ1v) is 5.76. The standard InChI is InChI=1S/C12H15ClN2O/c1-12(6-3-7-12)15-11(16)8-4-2-5-9(14)10(8)13/h2,4-5H,3,6-7,14H2,1H3,(H,15,16). The van der Waals surface area contributed by atoms with Crippen LogP contribution in [0.5, 0.6) is 0 Å². The smallest absolute Gasteiger partial charge is 0.253 e. The number of hydrogen-bond acceptors (Lipinski definition) is 2. The summed E-state index contributed by atoms with van der Waals surface area (Å²) in [5.41, 5.74) is 6.48. The summed E-state index contributed by atoms with van der Waals surface area (Å²) in [4.78, 5) is 12.0.